The zero-order valence-corrected chi connectivity index (χ0v) is 7.79. The van der Waals surface area contributed by atoms with Crippen molar-refractivity contribution in [2.24, 2.45) is 5.73 Å². The quantitative estimate of drug-likeness (QED) is 0.422. The Balaban J connectivity index is 3.08. The molecule has 0 aromatic rings. The van der Waals surface area contributed by atoms with Crippen LogP contribution in [-0.2, 0) is 9.53 Å². The number of rotatable bonds is 8. The molecular formula is C8H18N2O3. The van der Waals surface area contributed by atoms with E-state index in [1.807, 2.05) is 0 Å². The van der Waals surface area contributed by atoms with Gasteiger partial charge in [-0.25, -0.2) is 0 Å². The number of amides is 1. The standard InChI is InChI=1S/C8H18N2O3/c9-3-1-2-8(12)10-4-6-13-7-5-11/h11H,1-7,9H2,(H,10,12). The lowest BCUT2D eigenvalue weighted by atomic mass is 10.3. The van der Waals surface area contributed by atoms with Crippen LogP contribution in [0.4, 0.5) is 0 Å². The minimum absolute atomic E-state index is 0.00181. The molecule has 13 heavy (non-hydrogen) atoms. The Kier molecular flexibility index (Phi) is 8.97. The van der Waals surface area contributed by atoms with Crippen molar-refractivity contribution in [3.63, 3.8) is 0 Å². The number of hydrogen-bond acceptors (Lipinski definition) is 4. The number of aliphatic hydroxyl groups excluding tert-OH is 1. The molecule has 4 N–H and O–H groups in total. The third kappa shape index (κ3) is 9.26. The molecule has 0 aromatic carbocycles. The van der Waals surface area contributed by atoms with Gasteiger partial charge in [0, 0.05) is 13.0 Å². The molecule has 0 rings (SSSR count). The molecule has 5 heteroatoms. The smallest absolute Gasteiger partial charge is 0.220 e. The van der Waals surface area contributed by atoms with Crippen LogP contribution in [0.25, 0.3) is 0 Å². The van der Waals surface area contributed by atoms with Crippen LogP contribution < -0.4 is 11.1 Å². The summed E-state index contributed by atoms with van der Waals surface area (Å²) in [7, 11) is 0. The van der Waals surface area contributed by atoms with E-state index in [0.717, 1.165) is 0 Å². The first-order chi connectivity index (χ1) is 6.31. The van der Waals surface area contributed by atoms with Gasteiger partial charge in [-0.05, 0) is 13.0 Å². The van der Waals surface area contributed by atoms with Crippen molar-refractivity contribution in [1.82, 2.24) is 5.32 Å². The summed E-state index contributed by atoms with van der Waals surface area (Å²) in [6.07, 6.45) is 1.18. The Morgan fingerprint density at radius 3 is 2.85 bits per heavy atom. The number of nitrogens with two attached hydrogens (primary N) is 1. The minimum atomic E-state index is -0.00181. The van der Waals surface area contributed by atoms with E-state index in [9.17, 15) is 4.79 Å². The first kappa shape index (κ1) is 12.3. The van der Waals surface area contributed by atoms with Crippen molar-refractivity contribution in [3.8, 4) is 0 Å². The summed E-state index contributed by atoms with van der Waals surface area (Å²) < 4.78 is 4.95. The molecule has 0 radical (unpaired) electrons. The Morgan fingerprint density at radius 1 is 1.46 bits per heavy atom. The highest BCUT2D eigenvalue weighted by Crippen LogP contribution is 1.84. The highest BCUT2D eigenvalue weighted by molar-refractivity contribution is 5.75. The molecule has 0 aromatic heterocycles. The highest BCUT2D eigenvalue weighted by atomic mass is 16.5. The van der Waals surface area contributed by atoms with E-state index in [-0.39, 0.29) is 12.5 Å². The average molecular weight is 190 g/mol. The molecule has 0 fully saturated rings. The van der Waals surface area contributed by atoms with E-state index < -0.39 is 0 Å². The predicted octanol–water partition coefficient (Wildman–Crippen LogP) is -1.15. The van der Waals surface area contributed by atoms with E-state index >= 15 is 0 Å². The van der Waals surface area contributed by atoms with Crippen LogP contribution in [-0.4, -0.2) is 43.9 Å². The van der Waals surface area contributed by atoms with E-state index in [1.54, 1.807) is 0 Å². The molecule has 0 aliphatic rings. The molecule has 0 saturated heterocycles. The average Bonchev–Trinajstić information content (AvgIpc) is 2.14. The second kappa shape index (κ2) is 9.44. The van der Waals surface area contributed by atoms with Crippen molar-refractivity contribution < 1.29 is 14.6 Å². The summed E-state index contributed by atoms with van der Waals surface area (Å²) in [5, 5.41) is 11.0. The number of nitrogens with one attached hydrogen (secondary N) is 1. The van der Waals surface area contributed by atoms with Gasteiger partial charge >= 0.3 is 0 Å². The minimum Gasteiger partial charge on any atom is -0.394 e. The molecule has 0 atom stereocenters. The van der Waals surface area contributed by atoms with E-state index in [0.29, 0.717) is 39.1 Å². The highest BCUT2D eigenvalue weighted by Gasteiger charge is 1.98. The first-order valence-electron chi connectivity index (χ1n) is 4.46. The first-order valence-corrected chi connectivity index (χ1v) is 4.46. The normalized spacial score (nSPS) is 10.0. The number of ether oxygens (including phenoxy) is 1. The molecule has 5 nitrogen and oxygen atoms in total. The van der Waals surface area contributed by atoms with Gasteiger partial charge in [0.05, 0.1) is 19.8 Å². The largest absolute Gasteiger partial charge is 0.394 e. The van der Waals surface area contributed by atoms with Crippen LogP contribution in [0.3, 0.4) is 0 Å². The van der Waals surface area contributed by atoms with Crippen molar-refractivity contribution in [3.05, 3.63) is 0 Å². The third-order valence-electron chi connectivity index (χ3n) is 1.41. The van der Waals surface area contributed by atoms with Gasteiger partial charge in [-0.2, -0.15) is 0 Å². The molecule has 0 bridgehead atoms. The van der Waals surface area contributed by atoms with Crippen LogP contribution in [0.2, 0.25) is 0 Å². The summed E-state index contributed by atoms with van der Waals surface area (Å²) in [5.41, 5.74) is 5.24. The molecular weight excluding hydrogens is 172 g/mol. The van der Waals surface area contributed by atoms with Crippen molar-refractivity contribution in [1.29, 1.82) is 0 Å². The fourth-order valence-electron chi connectivity index (χ4n) is 0.780. The molecule has 0 aliphatic heterocycles. The predicted molar refractivity (Wildman–Crippen MR) is 49.2 cm³/mol. The maximum atomic E-state index is 11.0. The Labute approximate surface area is 78.3 Å². The Bertz CT molecular complexity index is 131. The van der Waals surface area contributed by atoms with E-state index in [4.69, 9.17) is 15.6 Å². The summed E-state index contributed by atoms with van der Waals surface area (Å²) in [4.78, 5) is 11.0. The fraction of sp³-hybridized carbons (Fsp3) is 0.875. The molecule has 0 spiro atoms. The zero-order chi connectivity index (χ0) is 9.94. The monoisotopic (exact) mass is 190 g/mol. The molecule has 0 aliphatic carbocycles. The fourth-order valence-corrected chi connectivity index (χ4v) is 0.780. The lowest BCUT2D eigenvalue weighted by molar-refractivity contribution is -0.121. The second-order valence-electron chi connectivity index (χ2n) is 2.58. The van der Waals surface area contributed by atoms with Crippen LogP contribution in [0.5, 0.6) is 0 Å². The Hall–Kier alpha value is -0.650. The van der Waals surface area contributed by atoms with E-state index in [1.165, 1.54) is 0 Å². The molecule has 1 amide bonds. The Morgan fingerprint density at radius 2 is 2.23 bits per heavy atom. The van der Waals surface area contributed by atoms with Crippen molar-refractivity contribution in [2.75, 3.05) is 32.9 Å². The SMILES string of the molecule is NCCCC(=O)NCCOCCO. The molecule has 0 saturated carbocycles. The lowest BCUT2D eigenvalue weighted by Crippen LogP contribution is -2.27. The maximum absolute atomic E-state index is 11.0. The summed E-state index contributed by atoms with van der Waals surface area (Å²) in [6, 6.07) is 0. The summed E-state index contributed by atoms with van der Waals surface area (Å²) >= 11 is 0. The zero-order valence-electron chi connectivity index (χ0n) is 7.79. The summed E-state index contributed by atoms with van der Waals surface area (Å²) in [6.45, 7) is 1.80. The van der Waals surface area contributed by atoms with Crippen LogP contribution in [0.1, 0.15) is 12.8 Å². The number of carbonyl (C=O) groups excluding carboxylic acids is 1. The van der Waals surface area contributed by atoms with Gasteiger partial charge in [0.1, 0.15) is 0 Å². The van der Waals surface area contributed by atoms with Gasteiger partial charge in [-0.3, -0.25) is 4.79 Å². The van der Waals surface area contributed by atoms with Gasteiger partial charge in [0.25, 0.3) is 0 Å². The number of aliphatic hydroxyl groups is 1. The molecule has 78 valence electrons. The van der Waals surface area contributed by atoms with Gasteiger partial charge in [0.15, 0.2) is 0 Å². The van der Waals surface area contributed by atoms with Crippen molar-refractivity contribution >= 4 is 5.91 Å². The number of carbonyl (C=O) groups is 1. The topological polar surface area (TPSA) is 84.6 Å². The van der Waals surface area contributed by atoms with Gasteiger partial charge in [-0.15, -0.1) is 0 Å². The van der Waals surface area contributed by atoms with Crippen LogP contribution in [0.15, 0.2) is 0 Å². The van der Waals surface area contributed by atoms with Crippen LogP contribution in [0, 0.1) is 0 Å². The number of hydrogen-bond donors (Lipinski definition) is 3. The maximum Gasteiger partial charge on any atom is 0.220 e. The van der Waals surface area contributed by atoms with E-state index in [2.05, 4.69) is 5.32 Å². The van der Waals surface area contributed by atoms with Crippen molar-refractivity contribution in [2.45, 2.75) is 12.8 Å². The lowest BCUT2D eigenvalue weighted by Gasteiger charge is -2.04. The third-order valence-corrected chi connectivity index (χ3v) is 1.41. The van der Waals surface area contributed by atoms with Gasteiger partial charge < -0.3 is 20.9 Å². The molecule has 0 unspecified atom stereocenters. The summed E-state index contributed by atoms with van der Waals surface area (Å²) in [5.74, 6) is -0.00181. The van der Waals surface area contributed by atoms with Gasteiger partial charge in [-0.1, -0.05) is 0 Å². The van der Waals surface area contributed by atoms with Gasteiger partial charge in [0.2, 0.25) is 5.91 Å². The molecule has 0 heterocycles. The van der Waals surface area contributed by atoms with Crippen LogP contribution >= 0.6 is 0 Å². The second-order valence-corrected chi connectivity index (χ2v) is 2.58.